The van der Waals surface area contributed by atoms with Gasteiger partial charge in [-0.1, -0.05) is 18.7 Å². The average Bonchev–Trinajstić information content (AvgIpc) is 3.31. The van der Waals surface area contributed by atoms with Gasteiger partial charge in [0.15, 0.2) is 5.16 Å². The Bertz CT molecular complexity index is 992. The molecule has 1 fully saturated rings. The van der Waals surface area contributed by atoms with Gasteiger partial charge in [-0.25, -0.2) is 4.98 Å². The third kappa shape index (κ3) is 4.46. The molecular weight excluding hydrogens is 418 g/mol. The minimum Gasteiger partial charge on any atom is -0.376 e. The Labute approximate surface area is 185 Å². The normalized spacial score (nSPS) is 22.4. The van der Waals surface area contributed by atoms with Gasteiger partial charge in [0.2, 0.25) is 5.91 Å². The summed E-state index contributed by atoms with van der Waals surface area (Å²) in [5.41, 5.74) is 1.23. The molecule has 3 unspecified atom stereocenters. The number of aryl methyl sites for hydroxylation is 1. The van der Waals surface area contributed by atoms with E-state index in [1.54, 1.807) is 15.9 Å². The van der Waals surface area contributed by atoms with Crippen LogP contribution >= 0.6 is 23.1 Å². The molecule has 0 spiro atoms. The van der Waals surface area contributed by atoms with E-state index in [4.69, 9.17) is 9.72 Å². The first kappa shape index (κ1) is 21.8. The predicted molar refractivity (Wildman–Crippen MR) is 123 cm³/mol. The summed E-state index contributed by atoms with van der Waals surface area (Å²) in [6.45, 7) is 9.29. The number of aromatic nitrogens is 2. The molecule has 2 aromatic heterocycles. The largest absolute Gasteiger partial charge is 0.376 e. The molecule has 0 aromatic carbocycles. The van der Waals surface area contributed by atoms with Gasteiger partial charge in [-0.3, -0.25) is 14.2 Å². The fraction of sp³-hybridized carbons (Fsp3) is 0.682. The number of amides is 1. The molecule has 8 heteroatoms. The summed E-state index contributed by atoms with van der Waals surface area (Å²) in [7, 11) is 0. The summed E-state index contributed by atoms with van der Waals surface area (Å²) < 4.78 is 7.59. The highest BCUT2D eigenvalue weighted by molar-refractivity contribution is 8.00. The van der Waals surface area contributed by atoms with Crippen molar-refractivity contribution in [2.24, 2.45) is 5.92 Å². The quantitative estimate of drug-likeness (QED) is 0.537. The summed E-state index contributed by atoms with van der Waals surface area (Å²) in [4.78, 5) is 33.2. The van der Waals surface area contributed by atoms with E-state index in [0.29, 0.717) is 17.6 Å². The van der Waals surface area contributed by atoms with Crippen LogP contribution in [-0.2, 0) is 28.9 Å². The SMILES string of the molecule is CC1CCc2c(sc3nc(SC(C)C(=O)NC(C)C)n(CC4CCCO4)c(=O)c23)C1. The van der Waals surface area contributed by atoms with Gasteiger partial charge < -0.3 is 10.1 Å². The molecular formula is C22H31N3O3S2. The first-order chi connectivity index (χ1) is 14.3. The van der Waals surface area contributed by atoms with Crippen molar-refractivity contribution in [1.29, 1.82) is 0 Å². The lowest BCUT2D eigenvalue weighted by Crippen LogP contribution is -2.36. The van der Waals surface area contributed by atoms with Crippen LogP contribution in [-0.4, -0.2) is 39.5 Å². The van der Waals surface area contributed by atoms with Crippen LogP contribution in [0.5, 0.6) is 0 Å². The van der Waals surface area contributed by atoms with Crippen LogP contribution in [0.3, 0.4) is 0 Å². The Kier molecular flexibility index (Phi) is 6.55. The van der Waals surface area contributed by atoms with Gasteiger partial charge in [0.1, 0.15) is 4.83 Å². The van der Waals surface area contributed by atoms with Crippen molar-refractivity contribution in [2.45, 2.75) is 88.9 Å². The lowest BCUT2D eigenvalue weighted by Gasteiger charge is -2.19. The number of hydrogen-bond donors (Lipinski definition) is 1. The fourth-order valence-electron chi connectivity index (χ4n) is 4.26. The number of rotatable bonds is 6. The van der Waals surface area contributed by atoms with Gasteiger partial charge in [0.05, 0.1) is 23.3 Å². The standard InChI is InChI=1S/C22H31N3O3S2/c1-12(2)23-19(26)14(4)29-22-24-20-18(16-8-7-13(3)10-17(16)30-20)21(27)25(22)11-15-6-5-9-28-15/h12-15H,5-11H2,1-4H3,(H,23,26). The molecule has 6 nitrogen and oxygen atoms in total. The maximum atomic E-state index is 13.6. The zero-order valence-electron chi connectivity index (χ0n) is 18.2. The van der Waals surface area contributed by atoms with Gasteiger partial charge in [0, 0.05) is 17.5 Å². The summed E-state index contributed by atoms with van der Waals surface area (Å²) in [6, 6.07) is 0.0797. The van der Waals surface area contributed by atoms with Crippen LogP contribution in [0.25, 0.3) is 10.2 Å². The number of thiophene rings is 1. The van der Waals surface area contributed by atoms with Gasteiger partial charge in [-0.05, 0) is 64.4 Å². The summed E-state index contributed by atoms with van der Waals surface area (Å²) >= 11 is 3.03. The Morgan fingerprint density at radius 1 is 1.37 bits per heavy atom. The Hall–Kier alpha value is -1.38. The van der Waals surface area contributed by atoms with Crippen molar-refractivity contribution < 1.29 is 9.53 Å². The van der Waals surface area contributed by atoms with Gasteiger partial charge in [-0.2, -0.15) is 0 Å². The van der Waals surface area contributed by atoms with Crippen molar-refractivity contribution in [1.82, 2.24) is 14.9 Å². The van der Waals surface area contributed by atoms with E-state index in [-0.39, 0.29) is 28.9 Å². The van der Waals surface area contributed by atoms with E-state index < -0.39 is 0 Å². The topological polar surface area (TPSA) is 73.2 Å². The lowest BCUT2D eigenvalue weighted by molar-refractivity contribution is -0.120. The smallest absolute Gasteiger partial charge is 0.263 e. The average molecular weight is 450 g/mol. The van der Waals surface area contributed by atoms with Crippen molar-refractivity contribution in [3.8, 4) is 0 Å². The van der Waals surface area contributed by atoms with Gasteiger partial charge >= 0.3 is 0 Å². The minimum atomic E-state index is -0.331. The van der Waals surface area contributed by atoms with Crippen LogP contribution in [0.2, 0.25) is 0 Å². The summed E-state index contributed by atoms with van der Waals surface area (Å²) in [5, 5.41) is 4.04. The summed E-state index contributed by atoms with van der Waals surface area (Å²) in [5.74, 6) is 0.612. The number of ether oxygens (including phenoxy) is 1. The molecule has 1 N–H and O–H groups in total. The van der Waals surface area contributed by atoms with E-state index in [1.807, 2.05) is 20.8 Å². The van der Waals surface area contributed by atoms with E-state index >= 15 is 0 Å². The maximum absolute atomic E-state index is 13.6. The second kappa shape index (κ2) is 9.01. The second-order valence-corrected chi connectivity index (χ2v) is 11.3. The van der Waals surface area contributed by atoms with Crippen molar-refractivity contribution in [2.75, 3.05) is 6.61 Å². The van der Waals surface area contributed by atoms with Crippen molar-refractivity contribution in [3.05, 3.63) is 20.8 Å². The first-order valence-electron chi connectivity index (χ1n) is 11.0. The molecule has 2 aliphatic rings. The molecule has 164 valence electrons. The molecule has 30 heavy (non-hydrogen) atoms. The molecule has 4 rings (SSSR count). The molecule has 1 aliphatic heterocycles. The van der Waals surface area contributed by atoms with E-state index in [0.717, 1.165) is 48.9 Å². The zero-order chi connectivity index (χ0) is 21.4. The van der Waals surface area contributed by atoms with Crippen LogP contribution < -0.4 is 10.9 Å². The molecule has 1 saturated heterocycles. The number of thioether (sulfide) groups is 1. The highest BCUT2D eigenvalue weighted by Crippen LogP contribution is 2.37. The summed E-state index contributed by atoms with van der Waals surface area (Å²) in [6.07, 6.45) is 5.11. The highest BCUT2D eigenvalue weighted by atomic mass is 32.2. The van der Waals surface area contributed by atoms with E-state index in [1.165, 1.54) is 22.2 Å². The Morgan fingerprint density at radius 3 is 2.87 bits per heavy atom. The molecule has 0 bridgehead atoms. The Morgan fingerprint density at radius 2 is 2.17 bits per heavy atom. The first-order valence-corrected chi connectivity index (χ1v) is 12.7. The van der Waals surface area contributed by atoms with Gasteiger partial charge in [-0.15, -0.1) is 11.3 Å². The number of carbonyl (C=O) groups excluding carboxylic acids is 1. The molecule has 2 aromatic rings. The van der Waals surface area contributed by atoms with Crippen LogP contribution in [0.1, 0.15) is 57.4 Å². The Balaban J connectivity index is 1.75. The zero-order valence-corrected chi connectivity index (χ0v) is 19.8. The lowest BCUT2D eigenvalue weighted by atomic mass is 9.89. The van der Waals surface area contributed by atoms with E-state index in [2.05, 4.69) is 12.2 Å². The molecule has 0 saturated carbocycles. The number of nitrogens with one attached hydrogen (secondary N) is 1. The predicted octanol–water partition coefficient (Wildman–Crippen LogP) is 3.77. The monoisotopic (exact) mass is 449 g/mol. The third-order valence-corrected chi connectivity index (χ3v) is 8.11. The second-order valence-electron chi connectivity index (χ2n) is 8.90. The third-order valence-electron chi connectivity index (χ3n) is 5.87. The maximum Gasteiger partial charge on any atom is 0.263 e. The van der Waals surface area contributed by atoms with Crippen LogP contribution in [0.4, 0.5) is 0 Å². The minimum absolute atomic E-state index is 0.0292. The number of fused-ring (bicyclic) bond motifs is 3. The van der Waals surface area contributed by atoms with Crippen LogP contribution in [0.15, 0.2) is 9.95 Å². The van der Waals surface area contributed by atoms with Crippen molar-refractivity contribution in [3.63, 3.8) is 0 Å². The van der Waals surface area contributed by atoms with Crippen LogP contribution in [0, 0.1) is 5.92 Å². The number of carbonyl (C=O) groups is 1. The fourth-order valence-corrected chi connectivity index (χ4v) is 6.61. The van der Waals surface area contributed by atoms with E-state index in [9.17, 15) is 9.59 Å². The number of nitrogens with zero attached hydrogens (tertiary/aromatic N) is 2. The molecule has 0 radical (unpaired) electrons. The van der Waals surface area contributed by atoms with Gasteiger partial charge in [0.25, 0.3) is 5.56 Å². The molecule has 3 atom stereocenters. The highest BCUT2D eigenvalue weighted by Gasteiger charge is 2.27. The molecule has 1 amide bonds. The van der Waals surface area contributed by atoms with Crippen molar-refractivity contribution >= 4 is 39.2 Å². The molecule has 1 aliphatic carbocycles. The molecule has 3 heterocycles. The number of hydrogen-bond acceptors (Lipinski definition) is 6.